The van der Waals surface area contributed by atoms with Crippen LogP contribution in [0.1, 0.15) is 32.6 Å². The molecule has 0 radical (unpaired) electrons. The van der Waals surface area contributed by atoms with Crippen LogP contribution < -0.4 is 26.0 Å². The van der Waals surface area contributed by atoms with Crippen LogP contribution in [-0.4, -0.2) is 55.2 Å². The third kappa shape index (κ3) is 4.55. The minimum absolute atomic E-state index is 0.00858. The fraction of sp³-hybridized carbons (Fsp3) is 0.619. The standard InChI is InChI=1S/C21H28ClFN4O3/c1-2-13-9-25-18(10-24-13)20(29)27-21-6-12(7-21)17(8-21)26-19(28)11-30-14-3-4-15(22)16(23)5-14/h3-5,12-13,17-18,24-25H,2,6-11H2,1H3,(H,26,28)(H,27,29)/t12?,13?,17-,18?,21?/m0/s1. The van der Waals surface area contributed by atoms with Crippen LogP contribution in [0.2, 0.25) is 5.02 Å². The normalized spacial score (nSPS) is 32.2. The molecule has 4 N–H and O–H groups in total. The molecule has 3 atom stereocenters. The van der Waals surface area contributed by atoms with Crippen LogP contribution in [0.25, 0.3) is 0 Å². The van der Waals surface area contributed by atoms with Crippen LogP contribution in [0.4, 0.5) is 4.39 Å². The summed E-state index contributed by atoms with van der Waals surface area (Å²) in [6.07, 6.45) is 3.52. The third-order valence-corrected chi connectivity index (χ3v) is 6.82. The zero-order valence-electron chi connectivity index (χ0n) is 17.0. The summed E-state index contributed by atoms with van der Waals surface area (Å²) in [6.45, 7) is 3.35. The molecule has 1 aliphatic heterocycles. The number of halogens is 2. The van der Waals surface area contributed by atoms with Crippen molar-refractivity contribution in [2.24, 2.45) is 5.92 Å². The molecule has 2 bridgehead atoms. The van der Waals surface area contributed by atoms with Gasteiger partial charge in [-0.15, -0.1) is 0 Å². The predicted octanol–water partition coefficient (Wildman–Crippen LogP) is 1.35. The molecule has 4 fully saturated rings. The van der Waals surface area contributed by atoms with E-state index in [2.05, 4.69) is 28.2 Å². The highest BCUT2D eigenvalue weighted by Gasteiger charge is 2.57. The first-order chi connectivity index (χ1) is 14.4. The molecule has 1 saturated heterocycles. The molecule has 4 aliphatic rings. The van der Waals surface area contributed by atoms with E-state index in [1.165, 1.54) is 12.1 Å². The molecule has 5 rings (SSSR count). The SMILES string of the molecule is CCC1CNC(C(=O)NC23CC(C2)[C@@H](NC(=O)COc2ccc(Cl)c(F)c2)C3)CN1. The van der Waals surface area contributed by atoms with Crippen molar-refractivity contribution < 1.29 is 18.7 Å². The van der Waals surface area contributed by atoms with Gasteiger partial charge in [-0.3, -0.25) is 9.59 Å². The van der Waals surface area contributed by atoms with Gasteiger partial charge in [0.15, 0.2) is 6.61 Å². The lowest BCUT2D eigenvalue weighted by atomic mass is 9.76. The summed E-state index contributed by atoms with van der Waals surface area (Å²) in [5.74, 6) is -0.199. The van der Waals surface area contributed by atoms with E-state index in [1.54, 1.807) is 0 Å². The van der Waals surface area contributed by atoms with E-state index < -0.39 is 5.82 Å². The molecule has 3 saturated carbocycles. The van der Waals surface area contributed by atoms with Gasteiger partial charge in [-0.25, -0.2) is 4.39 Å². The second-order valence-electron chi connectivity index (χ2n) is 8.65. The Labute approximate surface area is 180 Å². The number of nitrogens with one attached hydrogen (secondary N) is 4. The Morgan fingerprint density at radius 1 is 1.27 bits per heavy atom. The minimum atomic E-state index is -0.586. The van der Waals surface area contributed by atoms with E-state index in [9.17, 15) is 14.0 Å². The Kier molecular flexibility index (Phi) is 6.18. The Morgan fingerprint density at radius 2 is 2.07 bits per heavy atom. The van der Waals surface area contributed by atoms with E-state index in [1.807, 2.05) is 0 Å². The highest BCUT2D eigenvalue weighted by atomic mass is 35.5. The topological polar surface area (TPSA) is 91.5 Å². The highest BCUT2D eigenvalue weighted by molar-refractivity contribution is 6.30. The Hall–Kier alpha value is -1.90. The Morgan fingerprint density at radius 3 is 2.73 bits per heavy atom. The van der Waals surface area contributed by atoms with Crippen LogP contribution >= 0.6 is 11.6 Å². The molecule has 1 aromatic rings. The molecule has 9 heteroatoms. The number of amides is 2. The molecule has 1 aromatic carbocycles. The van der Waals surface area contributed by atoms with Crippen LogP contribution in [0.3, 0.4) is 0 Å². The van der Waals surface area contributed by atoms with E-state index in [0.29, 0.717) is 18.5 Å². The second kappa shape index (κ2) is 8.69. The summed E-state index contributed by atoms with van der Waals surface area (Å²) in [4.78, 5) is 24.9. The number of rotatable bonds is 7. The first kappa shape index (κ1) is 21.3. The van der Waals surface area contributed by atoms with Gasteiger partial charge in [0.05, 0.1) is 11.1 Å². The van der Waals surface area contributed by atoms with Crippen LogP contribution in [0.15, 0.2) is 18.2 Å². The molecule has 2 amide bonds. The number of piperazine rings is 1. The molecule has 2 unspecified atom stereocenters. The third-order valence-electron chi connectivity index (χ3n) is 6.51. The minimum Gasteiger partial charge on any atom is -0.484 e. The zero-order chi connectivity index (χ0) is 21.3. The first-order valence-corrected chi connectivity index (χ1v) is 10.9. The summed E-state index contributed by atoms with van der Waals surface area (Å²) in [5.41, 5.74) is -0.219. The van der Waals surface area contributed by atoms with Crippen molar-refractivity contribution in [2.75, 3.05) is 19.7 Å². The van der Waals surface area contributed by atoms with Crippen molar-refractivity contribution in [2.45, 2.75) is 56.3 Å². The molecule has 1 heterocycles. The Balaban J connectivity index is 1.22. The fourth-order valence-corrected chi connectivity index (χ4v) is 4.92. The molecule has 0 aromatic heterocycles. The van der Waals surface area contributed by atoms with Gasteiger partial charge in [0.1, 0.15) is 11.6 Å². The number of ether oxygens (including phenoxy) is 1. The molecular weight excluding hydrogens is 411 g/mol. The highest BCUT2D eigenvalue weighted by Crippen LogP contribution is 2.52. The first-order valence-electron chi connectivity index (χ1n) is 10.5. The number of carbonyl (C=O) groups is 2. The van der Waals surface area contributed by atoms with E-state index in [0.717, 1.165) is 38.3 Å². The maximum absolute atomic E-state index is 13.5. The van der Waals surface area contributed by atoms with Crippen molar-refractivity contribution in [1.82, 2.24) is 21.3 Å². The molecular formula is C21H28ClFN4O3. The van der Waals surface area contributed by atoms with Crippen molar-refractivity contribution >= 4 is 23.4 Å². The molecule has 30 heavy (non-hydrogen) atoms. The lowest BCUT2D eigenvalue weighted by Crippen LogP contribution is -2.63. The summed E-state index contributed by atoms with van der Waals surface area (Å²) in [5, 5.41) is 12.9. The lowest BCUT2D eigenvalue weighted by molar-refractivity contribution is -0.126. The van der Waals surface area contributed by atoms with Crippen molar-refractivity contribution in [3.8, 4) is 5.75 Å². The van der Waals surface area contributed by atoms with E-state index in [-0.39, 0.29) is 46.8 Å². The fourth-order valence-electron chi connectivity index (χ4n) is 4.80. The summed E-state index contributed by atoms with van der Waals surface area (Å²) in [7, 11) is 0. The number of benzene rings is 1. The number of hydrogen-bond acceptors (Lipinski definition) is 5. The summed E-state index contributed by atoms with van der Waals surface area (Å²) >= 11 is 5.64. The van der Waals surface area contributed by atoms with Gasteiger partial charge < -0.3 is 26.0 Å². The quantitative estimate of drug-likeness (QED) is 0.516. The number of carbonyl (C=O) groups excluding carboxylic acids is 2. The maximum atomic E-state index is 13.5. The van der Waals surface area contributed by atoms with Gasteiger partial charge in [-0.2, -0.15) is 0 Å². The zero-order valence-corrected chi connectivity index (χ0v) is 17.7. The molecule has 164 valence electrons. The smallest absolute Gasteiger partial charge is 0.258 e. The van der Waals surface area contributed by atoms with Crippen LogP contribution in [0.5, 0.6) is 5.75 Å². The second-order valence-corrected chi connectivity index (χ2v) is 9.06. The van der Waals surface area contributed by atoms with Gasteiger partial charge >= 0.3 is 0 Å². The van der Waals surface area contributed by atoms with E-state index >= 15 is 0 Å². The van der Waals surface area contributed by atoms with Gasteiger partial charge in [-0.05, 0) is 43.7 Å². The molecule has 3 aliphatic carbocycles. The molecule has 7 nitrogen and oxygen atoms in total. The van der Waals surface area contributed by atoms with Crippen LogP contribution in [0, 0.1) is 11.7 Å². The summed E-state index contributed by atoms with van der Waals surface area (Å²) in [6, 6.07) is 4.28. The van der Waals surface area contributed by atoms with Gasteiger partial charge in [0.2, 0.25) is 5.91 Å². The van der Waals surface area contributed by atoms with Gasteiger partial charge in [0.25, 0.3) is 5.91 Å². The number of hydrogen-bond donors (Lipinski definition) is 4. The van der Waals surface area contributed by atoms with Gasteiger partial charge in [-0.1, -0.05) is 18.5 Å². The monoisotopic (exact) mass is 438 g/mol. The average Bonchev–Trinajstić information content (AvgIpc) is 3.22. The van der Waals surface area contributed by atoms with Crippen molar-refractivity contribution in [3.05, 3.63) is 29.0 Å². The Bertz CT molecular complexity index is 809. The predicted molar refractivity (Wildman–Crippen MR) is 111 cm³/mol. The van der Waals surface area contributed by atoms with E-state index in [4.69, 9.17) is 16.3 Å². The largest absolute Gasteiger partial charge is 0.484 e. The van der Waals surface area contributed by atoms with Crippen molar-refractivity contribution in [3.63, 3.8) is 0 Å². The molecule has 0 spiro atoms. The average molecular weight is 439 g/mol. The van der Waals surface area contributed by atoms with Gasteiger partial charge in [0, 0.05) is 36.8 Å². The summed E-state index contributed by atoms with van der Waals surface area (Å²) < 4.78 is 18.8. The maximum Gasteiger partial charge on any atom is 0.258 e. The van der Waals surface area contributed by atoms with Crippen LogP contribution in [-0.2, 0) is 9.59 Å². The lowest BCUT2D eigenvalue weighted by Gasteiger charge is -2.41. The number of fused-ring (bicyclic) bond motifs is 1. The van der Waals surface area contributed by atoms with Crippen molar-refractivity contribution in [1.29, 1.82) is 0 Å².